The van der Waals surface area contributed by atoms with E-state index in [-0.39, 0.29) is 6.67 Å². The van der Waals surface area contributed by atoms with Crippen LogP contribution < -0.4 is 5.32 Å². The second-order valence-electron chi connectivity index (χ2n) is 3.06. The summed E-state index contributed by atoms with van der Waals surface area (Å²) >= 11 is 0. The third kappa shape index (κ3) is 4.77. The molecule has 0 radical (unpaired) electrons. The Morgan fingerprint density at radius 2 is 2.00 bits per heavy atom. The second kappa shape index (κ2) is 7.27. The SMILES string of the molecule is FCCCNC/C=C/c1ccccc1. The molecule has 0 aliphatic rings. The Bertz CT molecular complexity index is 256. The van der Waals surface area contributed by atoms with E-state index in [1.54, 1.807) is 0 Å². The highest BCUT2D eigenvalue weighted by molar-refractivity contribution is 5.48. The molecule has 14 heavy (non-hydrogen) atoms. The number of rotatable bonds is 6. The maximum atomic E-state index is 11.7. The molecule has 1 aromatic carbocycles. The topological polar surface area (TPSA) is 12.0 Å². The summed E-state index contributed by atoms with van der Waals surface area (Å²) in [5, 5.41) is 3.13. The first kappa shape index (κ1) is 10.9. The lowest BCUT2D eigenvalue weighted by Gasteiger charge is -1.97. The van der Waals surface area contributed by atoms with Crippen LogP contribution in [0.25, 0.3) is 6.08 Å². The maximum absolute atomic E-state index is 11.7. The van der Waals surface area contributed by atoms with E-state index >= 15 is 0 Å². The van der Waals surface area contributed by atoms with E-state index in [1.807, 2.05) is 24.3 Å². The number of hydrogen-bond acceptors (Lipinski definition) is 1. The second-order valence-corrected chi connectivity index (χ2v) is 3.06. The molecule has 1 nitrogen and oxygen atoms in total. The lowest BCUT2D eigenvalue weighted by Crippen LogP contribution is -2.15. The van der Waals surface area contributed by atoms with Crippen molar-refractivity contribution in [2.24, 2.45) is 0 Å². The Hall–Kier alpha value is -1.15. The Kier molecular flexibility index (Phi) is 5.68. The van der Waals surface area contributed by atoms with Gasteiger partial charge in [0.2, 0.25) is 0 Å². The minimum Gasteiger partial charge on any atom is -0.313 e. The molecule has 0 amide bonds. The third-order valence-electron chi connectivity index (χ3n) is 1.86. The van der Waals surface area contributed by atoms with Gasteiger partial charge in [-0.15, -0.1) is 0 Å². The molecule has 1 rings (SSSR count). The normalized spacial score (nSPS) is 10.9. The highest BCUT2D eigenvalue weighted by atomic mass is 19.1. The maximum Gasteiger partial charge on any atom is 0.0906 e. The molecule has 0 unspecified atom stereocenters. The van der Waals surface area contributed by atoms with Gasteiger partial charge < -0.3 is 5.32 Å². The van der Waals surface area contributed by atoms with Crippen LogP contribution in [0, 0.1) is 0 Å². The van der Waals surface area contributed by atoms with Crippen molar-refractivity contribution in [1.82, 2.24) is 5.32 Å². The highest BCUT2D eigenvalue weighted by Crippen LogP contribution is 1.99. The minimum absolute atomic E-state index is 0.241. The van der Waals surface area contributed by atoms with Crippen LogP contribution in [0.1, 0.15) is 12.0 Å². The van der Waals surface area contributed by atoms with Crippen molar-refractivity contribution in [2.45, 2.75) is 6.42 Å². The molecule has 0 heterocycles. The average molecular weight is 193 g/mol. The summed E-state index contributed by atoms with van der Waals surface area (Å²) in [6.45, 7) is 1.31. The Morgan fingerprint density at radius 1 is 1.21 bits per heavy atom. The fourth-order valence-corrected chi connectivity index (χ4v) is 1.14. The molecule has 0 aliphatic heterocycles. The third-order valence-corrected chi connectivity index (χ3v) is 1.86. The molecular formula is C12H16FN. The van der Waals surface area contributed by atoms with E-state index in [9.17, 15) is 4.39 Å². The molecule has 2 heteroatoms. The fourth-order valence-electron chi connectivity index (χ4n) is 1.14. The van der Waals surface area contributed by atoms with Crippen molar-refractivity contribution >= 4 is 6.08 Å². The van der Waals surface area contributed by atoms with Crippen molar-refractivity contribution < 1.29 is 4.39 Å². The Labute approximate surface area is 84.6 Å². The predicted octanol–water partition coefficient (Wildman–Crippen LogP) is 2.65. The van der Waals surface area contributed by atoms with Crippen LogP contribution in [-0.2, 0) is 0 Å². The van der Waals surface area contributed by atoms with Crippen LogP contribution in [0.15, 0.2) is 36.4 Å². The van der Waals surface area contributed by atoms with Crippen LogP contribution in [-0.4, -0.2) is 19.8 Å². The van der Waals surface area contributed by atoms with Crippen molar-refractivity contribution in [3.8, 4) is 0 Å². The quantitative estimate of drug-likeness (QED) is 0.685. The molecule has 76 valence electrons. The monoisotopic (exact) mass is 193 g/mol. The zero-order chi connectivity index (χ0) is 10.1. The summed E-state index contributed by atoms with van der Waals surface area (Å²) in [5.41, 5.74) is 1.19. The van der Waals surface area contributed by atoms with Gasteiger partial charge in [0.15, 0.2) is 0 Å². The van der Waals surface area contributed by atoms with Gasteiger partial charge in [0.25, 0.3) is 0 Å². The number of alkyl halides is 1. The Morgan fingerprint density at radius 3 is 2.71 bits per heavy atom. The lowest BCUT2D eigenvalue weighted by molar-refractivity contribution is 0.464. The van der Waals surface area contributed by atoms with Gasteiger partial charge in [-0.3, -0.25) is 4.39 Å². The van der Waals surface area contributed by atoms with Gasteiger partial charge in [-0.25, -0.2) is 0 Å². The van der Waals surface area contributed by atoms with Crippen LogP contribution in [0.2, 0.25) is 0 Å². The van der Waals surface area contributed by atoms with Crippen LogP contribution in [0.5, 0.6) is 0 Å². The molecule has 1 N–H and O–H groups in total. The summed E-state index contributed by atoms with van der Waals surface area (Å²) in [6.07, 6.45) is 4.70. The largest absolute Gasteiger partial charge is 0.313 e. The van der Waals surface area contributed by atoms with E-state index in [2.05, 4.69) is 23.5 Å². The van der Waals surface area contributed by atoms with E-state index in [0.29, 0.717) is 6.42 Å². The van der Waals surface area contributed by atoms with E-state index < -0.39 is 0 Å². The minimum atomic E-state index is -0.241. The molecule has 0 fully saturated rings. The summed E-state index contributed by atoms with van der Waals surface area (Å²) in [6, 6.07) is 10.1. The standard InChI is InChI=1S/C12H16FN/c13-9-5-11-14-10-4-8-12-6-2-1-3-7-12/h1-4,6-8,14H,5,9-11H2/b8-4+. The van der Waals surface area contributed by atoms with Crippen molar-refractivity contribution in [3.63, 3.8) is 0 Å². The average Bonchev–Trinajstić information content (AvgIpc) is 2.25. The Balaban J connectivity index is 2.15. The molecule has 0 aromatic heterocycles. The smallest absolute Gasteiger partial charge is 0.0906 e. The van der Waals surface area contributed by atoms with E-state index in [1.165, 1.54) is 5.56 Å². The van der Waals surface area contributed by atoms with Crippen molar-refractivity contribution in [3.05, 3.63) is 42.0 Å². The highest BCUT2D eigenvalue weighted by Gasteiger charge is 1.84. The van der Waals surface area contributed by atoms with Crippen molar-refractivity contribution in [1.29, 1.82) is 0 Å². The van der Waals surface area contributed by atoms with E-state index in [4.69, 9.17) is 0 Å². The molecule has 0 bridgehead atoms. The zero-order valence-corrected chi connectivity index (χ0v) is 8.25. The molecule has 0 atom stereocenters. The first-order valence-corrected chi connectivity index (χ1v) is 4.92. The number of nitrogens with one attached hydrogen (secondary N) is 1. The molecular weight excluding hydrogens is 177 g/mol. The summed E-state index contributed by atoms with van der Waals surface area (Å²) in [4.78, 5) is 0. The van der Waals surface area contributed by atoms with Crippen LogP contribution in [0.4, 0.5) is 4.39 Å². The lowest BCUT2D eigenvalue weighted by atomic mass is 10.2. The first-order valence-electron chi connectivity index (χ1n) is 4.92. The van der Waals surface area contributed by atoms with Crippen LogP contribution in [0.3, 0.4) is 0 Å². The molecule has 0 saturated carbocycles. The predicted molar refractivity (Wildman–Crippen MR) is 58.9 cm³/mol. The van der Waals surface area contributed by atoms with Gasteiger partial charge in [0, 0.05) is 6.54 Å². The fraction of sp³-hybridized carbons (Fsp3) is 0.333. The zero-order valence-electron chi connectivity index (χ0n) is 8.25. The van der Waals surface area contributed by atoms with Gasteiger partial charge >= 0.3 is 0 Å². The summed E-state index contributed by atoms with van der Waals surface area (Å²) < 4.78 is 11.7. The number of benzene rings is 1. The molecule has 1 aromatic rings. The van der Waals surface area contributed by atoms with Crippen molar-refractivity contribution in [2.75, 3.05) is 19.8 Å². The molecule has 0 aliphatic carbocycles. The van der Waals surface area contributed by atoms with Crippen LogP contribution >= 0.6 is 0 Å². The summed E-state index contributed by atoms with van der Waals surface area (Å²) in [7, 11) is 0. The van der Waals surface area contributed by atoms with Gasteiger partial charge in [0.1, 0.15) is 0 Å². The van der Waals surface area contributed by atoms with E-state index in [0.717, 1.165) is 13.1 Å². The number of hydrogen-bond donors (Lipinski definition) is 1. The summed E-state index contributed by atoms with van der Waals surface area (Å²) in [5.74, 6) is 0. The van der Waals surface area contributed by atoms with Gasteiger partial charge in [-0.2, -0.15) is 0 Å². The molecule has 0 spiro atoms. The van der Waals surface area contributed by atoms with Gasteiger partial charge in [0.05, 0.1) is 6.67 Å². The van der Waals surface area contributed by atoms with Gasteiger partial charge in [-0.1, -0.05) is 42.5 Å². The van der Waals surface area contributed by atoms with Gasteiger partial charge in [-0.05, 0) is 18.5 Å². The number of halogens is 1. The first-order chi connectivity index (χ1) is 6.93. The molecule has 0 saturated heterocycles.